The molecule has 0 saturated heterocycles. The van der Waals surface area contributed by atoms with Crippen LogP contribution in [-0.2, 0) is 6.54 Å². The van der Waals surface area contributed by atoms with Crippen LogP contribution in [0.2, 0.25) is 0 Å². The van der Waals surface area contributed by atoms with E-state index in [1.54, 1.807) is 26.3 Å². The van der Waals surface area contributed by atoms with Crippen LogP contribution in [0, 0.1) is 10.1 Å². The van der Waals surface area contributed by atoms with Gasteiger partial charge in [-0.15, -0.1) is 24.0 Å². The van der Waals surface area contributed by atoms with Gasteiger partial charge >= 0.3 is 0 Å². The molecule has 146 valence electrons. The SMILES string of the molecule is CCOc1cc(NC(=NC)NCc2cccc([N+](=O)[O-])c2)ccc1OC.I. The summed E-state index contributed by atoms with van der Waals surface area (Å²) in [6.45, 7) is 2.83. The molecular weight excluding hydrogens is 463 g/mol. The molecule has 0 aliphatic heterocycles. The number of halogens is 1. The van der Waals surface area contributed by atoms with Gasteiger partial charge in [0.05, 0.1) is 18.6 Å². The number of ether oxygens (including phenoxy) is 2. The Morgan fingerprint density at radius 2 is 2.00 bits per heavy atom. The van der Waals surface area contributed by atoms with E-state index in [9.17, 15) is 10.1 Å². The molecule has 2 rings (SSSR count). The average molecular weight is 486 g/mol. The zero-order chi connectivity index (χ0) is 18.9. The number of guanidine groups is 1. The molecule has 0 bridgehead atoms. The van der Waals surface area contributed by atoms with Crippen LogP contribution in [-0.4, -0.2) is 31.6 Å². The first-order valence-electron chi connectivity index (χ1n) is 8.09. The first-order valence-corrected chi connectivity index (χ1v) is 8.09. The Bertz CT molecular complexity index is 799. The van der Waals surface area contributed by atoms with E-state index in [0.717, 1.165) is 11.3 Å². The number of rotatable bonds is 7. The quantitative estimate of drug-likeness (QED) is 0.203. The number of hydrogen-bond acceptors (Lipinski definition) is 5. The zero-order valence-electron chi connectivity index (χ0n) is 15.4. The molecule has 0 aliphatic carbocycles. The second kappa shape index (κ2) is 11.2. The van der Waals surface area contributed by atoms with E-state index in [1.807, 2.05) is 25.1 Å². The maximum atomic E-state index is 10.9. The fourth-order valence-corrected chi connectivity index (χ4v) is 2.30. The van der Waals surface area contributed by atoms with E-state index < -0.39 is 4.92 Å². The van der Waals surface area contributed by atoms with Gasteiger partial charge in [0.25, 0.3) is 5.69 Å². The molecule has 0 radical (unpaired) electrons. The molecule has 2 N–H and O–H groups in total. The van der Waals surface area contributed by atoms with Crippen molar-refractivity contribution in [2.45, 2.75) is 13.5 Å². The second-order valence-electron chi connectivity index (χ2n) is 5.28. The third-order valence-corrected chi connectivity index (χ3v) is 3.53. The van der Waals surface area contributed by atoms with Crippen LogP contribution in [0.5, 0.6) is 11.5 Å². The van der Waals surface area contributed by atoms with Gasteiger partial charge in [-0.05, 0) is 24.6 Å². The Hall–Kier alpha value is -2.56. The molecule has 0 fully saturated rings. The first kappa shape index (κ1) is 22.5. The lowest BCUT2D eigenvalue weighted by molar-refractivity contribution is -0.384. The van der Waals surface area contributed by atoms with Crippen LogP contribution in [0.3, 0.4) is 0 Å². The van der Waals surface area contributed by atoms with Gasteiger partial charge < -0.3 is 20.1 Å². The van der Waals surface area contributed by atoms with Gasteiger partial charge in [0.15, 0.2) is 17.5 Å². The number of nitro benzene ring substituents is 1. The largest absolute Gasteiger partial charge is 0.493 e. The van der Waals surface area contributed by atoms with Crippen molar-refractivity contribution in [2.24, 2.45) is 4.99 Å². The van der Waals surface area contributed by atoms with Crippen LogP contribution in [0.4, 0.5) is 11.4 Å². The van der Waals surface area contributed by atoms with Crippen LogP contribution in [0.15, 0.2) is 47.5 Å². The van der Waals surface area contributed by atoms with Crippen LogP contribution in [0.25, 0.3) is 0 Å². The summed E-state index contributed by atoms with van der Waals surface area (Å²) in [6, 6.07) is 11.9. The van der Waals surface area contributed by atoms with Crippen molar-refractivity contribution in [3.05, 3.63) is 58.1 Å². The minimum Gasteiger partial charge on any atom is -0.493 e. The van der Waals surface area contributed by atoms with Crippen molar-refractivity contribution in [3.8, 4) is 11.5 Å². The molecule has 0 aromatic heterocycles. The zero-order valence-corrected chi connectivity index (χ0v) is 17.7. The lowest BCUT2D eigenvalue weighted by Gasteiger charge is -2.14. The highest BCUT2D eigenvalue weighted by Crippen LogP contribution is 2.30. The minimum absolute atomic E-state index is 0. The summed E-state index contributed by atoms with van der Waals surface area (Å²) in [7, 11) is 3.24. The van der Waals surface area contributed by atoms with E-state index >= 15 is 0 Å². The predicted molar refractivity (Wildman–Crippen MR) is 116 cm³/mol. The van der Waals surface area contributed by atoms with Crippen molar-refractivity contribution >= 4 is 41.3 Å². The number of nitrogens with zero attached hydrogens (tertiary/aromatic N) is 2. The highest BCUT2D eigenvalue weighted by atomic mass is 127. The molecule has 0 heterocycles. The fourth-order valence-electron chi connectivity index (χ4n) is 2.30. The third-order valence-electron chi connectivity index (χ3n) is 3.53. The third kappa shape index (κ3) is 6.59. The Kier molecular flexibility index (Phi) is 9.34. The summed E-state index contributed by atoms with van der Waals surface area (Å²) in [5.41, 5.74) is 1.62. The topological polar surface area (TPSA) is 98.0 Å². The Balaban J connectivity index is 0.00000364. The van der Waals surface area contributed by atoms with Gasteiger partial charge in [-0.2, -0.15) is 0 Å². The Labute approximate surface area is 175 Å². The van der Waals surface area contributed by atoms with Crippen molar-refractivity contribution in [1.82, 2.24) is 5.32 Å². The number of non-ortho nitro benzene ring substituents is 1. The monoisotopic (exact) mass is 486 g/mol. The van der Waals surface area contributed by atoms with Crippen molar-refractivity contribution in [3.63, 3.8) is 0 Å². The lowest BCUT2D eigenvalue weighted by atomic mass is 10.2. The number of nitrogens with one attached hydrogen (secondary N) is 2. The average Bonchev–Trinajstić information content (AvgIpc) is 2.65. The molecular formula is C18H23IN4O4. The van der Waals surface area contributed by atoms with Crippen LogP contribution < -0.4 is 20.1 Å². The molecule has 0 unspecified atom stereocenters. The first-order chi connectivity index (χ1) is 12.6. The smallest absolute Gasteiger partial charge is 0.269 e. The number of methoxy groups -OCH3 is 1. The lowest BCUT2D eigenvalue weighted by Crippen LogP contribution is -2.30. The molecule has 0 saturated carbocycles. The van der Waals surface area contributed by atoms with Gasteiger partial charge in [-0.25, -0.2) is 0 Å². The minimum atomic E-state index is -0.414. The van der Waals surface area contributed by atoms with E-state index in [2.05, 4.69) is 15.6 Å². The van der Waals surface area contributed by atoms with Crippen molar-refractivity contribution < 1.29 is 14.4 Å². The number of nitro groups is 1. The summed E-state index contributed by atoms with van der Waals surface area (Å²) in [5.74, 6) is 1.82. The van der Waals surface area contributed by atoms with Crippen LogP contribution >= 0.6 is 24.0 Å². The summed E-state index contributed by atoms with van der Waals surface area (Å²) in [4.78, 5) is 14.6. The number of benzene rings is 2. The van der Waals surface area contributed by atoms with Gasteiger partial charge in [0.2, 0.25) is 0 Å². The normalized spacial score (nSPS) is 10.6. The number of anilines is 1. The maximum absolute atomic E-state index is 10.9. The van der Waals surface area contributed by atoms with E-state index in [1.165, 1.54) is 12.1 Å². The predicted octanol–water partition coefficient (Wildman–Crippen LogP) is 3.81. The van der Waals surface area contributed by atoms with Crippen molar-refractivity contribution in [2.75, 3.05) is 26.1 Å². The molecule has 2 aromatic rings. The second-order valence-corrected chi connectivity index (χ2v) is 5.28. The van der Waals surface area contributed by atoms with Gasteiger partial charge in [-0.1, -0.05) is 12.1 Å². The molecule has 27 heavy (non-hydrogen) atoms. The van der Waals surface area contributed by atoms with Crippen molar-refractivity contribution in [1.29, 1.82) is 0 Å². The van der Waals surface area contributed by atoms with Crippen LogP contribution in [0.1, 0.15) is 12.5 Å². The molecule has 0 amide bonds. The summed E-state index contributed by atoms with van der Waals surface area (Å²) in [5, 5.41) is 17.1. The molecule has 2 aromatic carbocycles. The molecule has 0 spiro atoms. The number of aliphatic imine (C=N–C) groups is 1. The standard InChI is InChI=1S/C18H22N4O4.HI/c1-4-26-17-11-14(8-9-16(17)25-3)21-18(19-2)20-12-13-6-5-7-15(10-13)22(23)24;/h5-11H,4,12H2,1-3H3,(H2,19,20,21);1H. The van der Waals surface area contributed by atoms with Gasteiger partial charge in [0.1, 0.15) is 0 Å². The highest BCUT2D eigenvalue weighted by Gasteiger charge is 2.08. The van der Waals surface area contributed by atoms with Gasteiger partial charge in [-0.3, -0.25) is 15.1 Å². The van der Waals surface area contributed by atoms with E-state index in [4.69, 9.17) is 9.47 Å². The van der Waals surface area contributed by atoms with E-state index in [0.29, 0.717) is 30.6 Å². The maximum Gasteiger partial charge on any atom is 0.269 e. The Morgan fingerprint density at radius 3 is 2.63 bits per heavy atom. The Morgan fingerprint density at radius 1 is 1.22 bits per heavy atom. The summed E-state index contributed by atoms with van der Waals surface area (Å²) in [6.07, 6.45) is 0. The molecule has 0 atom stereocenters. The summed E-state index contributed by atoms with van der Waals surface area (Å²) >= 11 is 0. The molecule has 0 aliphatic rings. The number of hydrogen-bond donors (Lipinski definition) is 2. The highest BCUT2D eigenvalue weighted by molar-refractivity contribution is 14.0. The van der Waals surface area contributed by atoms with E-state index in [-0.39, 0.29) is 29.7 Å². The summed E-state index contributed by atoms with van der Waals surface area (Å²) < 4.78 is 10.8. The molecule has 9 heteroatoms. The fraction of sp³-hybridized carbons (Fsp3) is 0.278. The van der Waals surface area contributed by atoms with Gasteiger partial charge in [0, 0.05) is 37.5 Å². The molecule has 8 nitrogen and oxygen atoms in total.